The number of carbonyl (C=O) groups excluding carboxylic acids is 1. The van der Waals surface area contributed by atoms with Crippen LogP contribution in [0.1, 0.15) is 12.0 Å². The highest BCUT2D eigenvalue weighted by atomic mass is 35.5. The first-order chi connectivity index (χ1) is 9.61. The normalized spacial score (nSPS) is 16.1. The number of aryl methyl sites for hydroxylation is 1. The van der Waals surface area contributed by atoms with Crippen molar-refractivity contribution >= 4 is 34.8 Å². The largest absolute Gasteiger partial charge is 0.351 e. The summed E-state index contributed by atoms with van der Waals surface area (Å²) in [5.41, 5.74) is 1.68. The Kier molecular flexibility index (Phi) is 5.66. The van der Waals surface area contributed by atoms with Gasteiger partial charge in [-0.15, -0.1) is 11.6 Å². The first kappa shape index (κ1) is 15.6. The van der Waals surface area contributed by atoms with Gasteiger partial charge in [0.25, 0.3) is 0 Å². The highest BCUT2D eigenvalue weighted by Crippen LogP contribution is 2.25. The molecule has 0 aliphatic carbocycles. The molecule has 0 N–H and O–H groups in total. The summed E-state index contributed by atoms with van der Waals surface area (Å²) in [5, 5.41) is 0.634. The Hall–Kier alpha value is -0.810. The number of ether oxygens (including phenoxy) is 2. The molecule has 1 aliphatic heterocycles. The molecule has 0 saturated carbocycles. The third-order valence-electron chi connectivity index (χ3n) is 3.09. The van der Waals surface area contributed by atoms with E-state index in [4.69, 9.17) is 32.7 Å². The van der Waals surface area contributed by atoms with Gasteiger partial charge in [0.1, 0.15) is 5.88 Å². The third kappa shape index (κ3) is 3.85. The topological polar surface area (TPSA) is 38.8 Å². The van der Waals surface area contributed by atoms with Crippen LogP contribution in [0, 0.1) is 6.92 Å². The van der Waals surface area contributed by atoms with E-state index in [-0.39, 0.29) is 11.8 Å². The summed E-state index contributed by atoms with van der Waals surface area (Å²) in [7, 11) is 0. The molecule has 0 radical (unpaired) electrons. The molecule has 0 spiro atoms. The van der Waals surface area contributed by atoms with Crippen LogP contribution in [-0.4, -0.2) is 37.8 Å². The molecular weight excluding hydrogens is 301 g/mol. The van der Waals surface area contributed by atoms with E-state index in [1.807, 2.05) is 19.1 Å². The number of carbonyl (C=O) groups is 1. The van der Waals surface area contributed by atoms with Gasteiger partial charge in [-0.3, -0.25) is 4.79 Å². The maximum atomic E-state index is 12.1. The molecule has 1 heterocycles. The molecule has 0 aromatic heterocycles. The van der Waals surface area contributed by atoms with E-state index in [0.717, 1.165) is 17.7 Å². The Bertz CT molecular complexity index is 475. The molecule has 6 heteroatoms. The second-order valence-electron chi connectivity index (χ2n) is 4.59. The molecule has 1 fully saturated rings. The SMILES string of the molecule is Cc1cc(Cl)ccc1N(CC1OCCCO1)C(=O)CCl. The van der Waals surface area contributed by atoms with Crippen LogP contribution in [0.5, 0.6) is 0 Å². The Balaban J connectivity index is 2.20. The van der Waals surface area contributed by atoms with Crippen LogP contribution >= 0.6 is 23.2 Å². The first-order valence-corrected chi connectivity index (χ1v) is 7.38. The second kappa shape index (κ2) is 7.27. The van der Waals surface area contributed by atoms with Gasteiger partial charge in [-0.05, 0) is 37.1 Å². The van der Waals surface area contributed by atoms with Crippen molar-refractivity contribution in [3.8, 4) is 0 Å². The zero-order valence-corrected chi connectivity index (χ0v) is 12.8. The molecule has 0 bridgehead atoms. The lowest BCUT2D eigenvalue weighted by Gasteiger charge is -2.30. The lowest BCUT2D eigenvalue weighted by atomic mass is 10.1. The molecule has 1 amide bonds. The zero-order valence-electron chi connectivity index (χ0n) is 11.3. The van der Waals surface area contributed by atoms with Crippen molar-refractivity contribution in [2.24, 2.45) is 0 Å². The summed E-state index contributed by atoms with van der Waals surface area (Å²) >= 11 is 11.6. The van der Waals surface area contributed by atoms with Crippen molar-refractivity contribution < 1.29 is 14.3 Å². The van der Waals surface area contributed by atoms with E-state index < -0.39 is 6.29 Å². The summed E-state index contributed by atoms with van der Waals surface area (Å²) in [6.45, 7) is 3.52. The second-order valence-corrected chi connectivity index (χ2v) is 5.30. The molecule has 2 rings (SSSR count). The van der Waals surface area contributed by atoms with Gasteiger partial charge in [0.2, 0.25) is 5.91 Å². The van der Waals surface area contributed by atoms with Crippen LogP contribution in [0.2, 0.25) is 5.02 Å². The third-order valence-corrected chi connectivity index (χ3v) is 3.56. The van der Waals surface area contributed by atoms with Crippen LogP contribution < -0.4 is 4.90 Å². The summed E-state index contributed by atoms with van der Waals surface area (Å²) < 4.78 is 11.0. The van der Waals surface area contributed by atoms with Gasteiger partial charge in [0.15, 0.2) is 6.29 Å². The average molecular weight is 318 g/mol. The summed E-state index contributed by atoms with van der Waals surface area (Å²) in [4.78, 5) is 13.7. The standard InChI is InChI=1S/C14H17Cl2NO3/c1-10-7-11(16)3-4-12(10)17(13(18)8-15)9-14-19-5-2-6-20-14/h3-4,7,14H,2,5-6,8-9H2,1H3. The maximum Gasteiger partial charge on any atom is 0.242 e. The van der Waals surface area contributed by atoms with E-state index in [1.165, 1.54) is 0 Å². The number of halogens is 2. The van der Waals surface area contributed by atoms with Crippen molar-refractivity contribution in [3.63, 3.8) is 0 Å². The Morgan fingerprint density at radius 3 is 2.70 bits per heavy atom. The predicted molar refractivity (Wildman–Crippen MR) is 79.6 cm³/mol. The summed E-state index contributed by atoms with van der Waals surface area (Å²) in [5.74, 6) is -0.274. The predicted octanol–water partition coefficient (Wildman–Crippen LogP) is 2.98. The molecule has 0 unspecified atom stereocenters. The number of benzene rings is 1. The molecule has 20 heavy (non-hydrogen) atoms. The Morgan fingerprint density at radius 2 is 2.10 bits per heavy atom. The maximum absolute atomic E-state index is 12.1. The fourth-order valence-corrected chi connectivity index (χ4v) is 2.49. The van der Waals surface area contributed by atoms with Crippen LogP contribution in [0.15, 0.2) is 18.2 Å². The zero-order chi connectivity index (χ0) is 14.5. The number of alkyl halides is 1. The minimum atomic E-state index is -0.411. The van der Waals surface area contributed by atoms with E-state index >= 15 is 0 Å². The fourth-order valence-electron chi connectivity index (χ4n) is 2.12. The number of hydrogen-bond donors (Lipinski definition) is 0. The lowest BCUT2D eigenvalue weighted by molar-refractivity contribution is -0.173. The molecule has 110 valence electrons. The van der Waals surface area contributed by atoms with Gasteiger partial charge in [-0.1, -0.05) is 11.6 Å². The molecule has 1 aromatic carbocycles. The highest BCUT2D eigenvalue weighted by molar-refractivity contribution is 6.31. The number of rotatable bonds is 4. The van der Waals surface area contributed by atoms with E-state index in [2.05, 4.69) is 0 Å². The fraction of sp³-hybridized carbons (Fsp3) is 0.500. The van der Waals surface area contributed by atoms with Crippen molar-refractivity contribution in [1.29, 1.82) is 0 Å². The summed E-state index contributed by atoms with van der Waals surface area (Å²) in [6, 6.07) is 5.37. The quantitative estimate of drug-likeness (QED) is 0.801. The lowest BCUT2D eigenvalue weighted by Crippen LogP contribution is -2.42. The minimum Gasteiger partial charge on any atom is -0.351 e. The average Bonchev–Trinajstić information content (AvgIpc) is 2.46. The van der Waals surface area contributed by atoms with Gasteiger partial charge < -0.3 is 14.4 Å². The van der Waals surface area contributed by atoms with Crippen LogP contribution in [0.3, 0.4) is 0 Å². The van der Waals surface area contributed by atoms with Gasteiger partial charge in [-0.25, -0.2) is 0 Å². The van der Waals surface area contributed by atoms with Gasteiger partial charge in [0.05, 0.1) is 19.8 Å². The molecule has 1 saturated heterocycles. The van der Waals surface area contributed by atoms with Crippen LogP contribution in [0.4, 0.5) is 5.69 Å². The number of hydrogen-bond acceptors (Lipinski definition) is 3. The monoisotopic (exact) mass is 317 g/mol. The smallest absolute Gasteiger partial charge is 0.242 e. The summed E-state index contributed by atoms with van der Waals surface area (Å²) in [6.07, 6.45) is 0.464. The Labute approximate surface area is 128 Å². The van der Waals surface area contributed by atoms with Crippen molar-refractivity contribution in [3.05, 3.63) is 28.8 Å². The molecule has 1 aromatic rings. The van der Waals surface area contributed by atoms with E-state index in [0.29, 0.717) is 24.8 Å². The van der Waals surface area contributed by atoms with E-state index in [1.54, 1.807) is 11.0 Å². The first-order valence-electron chi connectivity index (χ1n) is 6.47. The van der Waals surface area contributed by atoms with Gasteiger partial charge in [-0.2, -0.15) is 0 Å². The number of amides is 1. The van der Waals surface area contributed by atoms with Crippen LogP contribution in [0.25, 0.3) is 0 Å². The van der Waals surface area contributed by atoms with Gasteiger partial charge in [0, 0.05) is 10.7 Å². The van der Waals surface area contributed by atoms with Crippen molar-refractivity contribution in [2.75, 3.05) is 30.5 Å². The molecule has 4 nitrogen and oxygen atoms in total. The molecular formula is C14H17Cl2NO3. The van der Waals surface area contributed by atoms with E-state index in [9.17, 15) is 4.79 Å². The Morgan fingerprint density at radius 1 is 1.40 bits per heavy atom. The molecule has 1 aliphatic rings. The van der Waals surface area contributed by atoms with Gasteiger partial charge >= 0.3 is 0 Å². The van der Waals surface area contributed by atoms with Crippen LogP contribution in [-0.2, 0) is 14.3 Å². The van der Waals surface area contributed by atoms with Crippen molar-refractivity contribution in [1.82, 2.24) is 0 Å². The van der Waals surface area contributed by atoms with Crippen molar-refractivity contribution in [2.45, 2.75) is 19.6 Å². The number of nitrogens with zero attached hydrogens (tertiary/aromatic N) is 1. The number of anilines is 1. The minimum absolute atomic E-state index is 0.0885. The molecule has 0 atom stereocenters. The highest BCUT2D eigenvalue weighted by Gasteiger charge is 2.24.